The Morgan fingerprint density at radius 3 is 2.84 bits per heavy atom. The molecule has 0 bridgehead atoms. The predicted molar refractivity (Wildman–Crippen MR) is 134 cm³/mol. The van der Waals surface area contributed by atoms with Crippen LogP contribution in [-0.4, -0.2) is 55.7 Å². The Labute approximate surface area is 199 Å². The second-order valence-electron chi connectivity index (χ2n) is 7.52. The minimum atomic E-state index is -0.0237. The molecule has 0 atom stereocenters. The molecule has 11 heteroatoms. The number of thioether (sulfide) groups is 2. The van der Waals surface area contributed by atoms with Crippen molar-refractivity contribution in [1.29, 1.82) is 0 Å². The molecule has 8 nitrogen and oxygen atoms in total. The zero-order valence-corrected chi connectivity index (χ0v) is 20.6. The monoisotopic (exact) mass is 487 g/mol. The Bertz CT molecular complexity index is 1190. The third kappa shape index (κ3) is 5.51. The number of fused-ring (bicyclic) bond motifs is 2. The standard InChI is InChI=1S/C21H25N7OS3/c1-13(2)10-23-18-14-11-24-28(19(14)27-20(26-18)30-3)9-8-22-17(29)12-31-21-25-15-6-4-5-7-16(15)32-21/h4-7,11,13H,8-10,12H2,1-3H3,(H,22,29)(H,23,26,27). The maximum Gasteiger partial charge on any atom is 0.230 e. The van der Waals surface area contributed by atoms with Crippen LogP contribution in [0.1, 0.15) is 13.8 Å². The van der Waals surface area contributed by atoms with E-state index in [1.165, 1.54) is 23.5 Å². The van der Waals surface area contributed by atoms with Crippen molar-refractivity contribution in [1.82, 2.24) is 30.0 Å². The molecule has 0 saturated carbocycles. The van der Waals surface area contributed by atoms with Gasteiger partial charge < -0.3 is 10.6 Å². The van der Waals surface area contributed by atoms with Crippen LogP contribution in [0.15, 0.2) is 40.0 Å². The van der Waals surface area contributed by atoms with E-state index in [1.54, 1.807) is 17.5 Å². The van der Waals surface area contributed by atoms with E-state index >= 15 is 0 Å². The van der Waals surface area contributed by atoms with Crippen LogP contribution in [-0.2, 0) is 11.3 Å². The summed E-state index contributed by atoms with van der Waals surface area (Å²) in [5, 5.41) is 12.4. The molecule has 0 unspecified atom stereocenters. The zero-order chi connectivity index (χ0) is 22.5. The average Bonchev–Trinajstić information content (AvgIpc) is 3.39. The average molecular weight is 488 g/mol. The van der Waals surface area contributed by atoms with Gasteiger partial charge in [-0.05, 0) is 24.3 Å². The molecule has 0 aliphatic carbocycles. The van der Waals surface area contributed by atoms with Crippen LogP contribution >= 0.6 is 34.9 Å². The molecule has 4 aromatic rings. The SMILES string of the molecule is CSc1nc(NCC(C)C)c2cnn(CCNC(=O)CSc3nc4ccccc4s3)c2n1. The largest absolute Gasteiger partial charge is 0.369 e. The Kier molecular flexibility index (Phi) is 7.48. The number of nitrogens with zero attached hydrogens (tertiary/aromatic N) is 5. The highest BCUT2D eigenvalue weighted by molar-refractivity contribution is 8.01. The number of anilines is 1. The summed E-state index contributed by atoms with van der Waals surface area (Å²) in [5.41, 5.74) is 1.74. The van der Waals surface area contributed by atoms with E-state index in [0.717, 1.165) is 38.0 Å². The van der Waals surface area contributed by atoms with E-state index in [4.69, 9.17) is 0 Å². The van der Waals surface area contributed by atoms with E-state index in [9.17, 15) is 4.79 Å². The van der Waals surface area contributed by atoms with E-state index in [2.05, 4.69) is 44.5 Å². The zero-order valence-electron chi connectivity index (χ0n) is 18.2. The minimum Gasteiger partial charge on any atom is -0.369 e. The Hall–Kier alpha value is -2.37. The van der Waals surface area contributed by atoms with Gasteiger partial charge in [0.1, 0.15) is 5.82 Å². The maximum atomic E-state index is 12.3. The van der Waals surface area contributed by atoms with E-state index in [1.807, 2.05) is 35.2 Å². The summed E-state index contributed by atoms with van der Waals surface area (Å²) < 4.78 is 3.86. The molecule has 3 heterocycles. The second kappa shape index (κ2) is 10.5. The lowest BCUT2D eigenvalue weighted by Crippen LogP contribution is -2.29. The molecular formula is C21H25N7OS3. The first-order chi connectivity index (χ1) is 15.5. The van der Waals surface area contributed by atoms with Crippen LogP contribution < -0.4 is 10.6 Å². The Balaban J connectivity index is 1.34. The lowest BCUT2D eigenvalue weighted by atomic mass is 10.2. The van der Waals surface area contributed by atoms with E-state index in [-0.39, 0.29) is 5.91 Å². The number of nitrogens with one attached hydrogen (secondary N) is 2. The fraction of sp³-hybridized carbons (Fsp3) is 0.381. The molecule has 0 radical (unpaired) electrons. The first-order valence-corrected chi connectivity index (χ1v) is 13.3. The van der Waals surface area contributed by atoms with Crippen molar-refractivity contribution < 1.29 is 4.79 Å². The normalized spacial score (nSPS) is 11.5. The van der Waals surface area contributed by atoms with Crippen LogP contribution in [0.2, 0.25) is 0 Å². The van der Waals surface area contributed by atoms with Gasteiger partial charge in [0.15, 0.2) is 15.1 Å². The van der Waals surface area contributed by atoms with Crippen molar-refractivity contribution in [2.45, 2.75) is 29.9 Å². The van der Waals surface area contributed by atoms with Gasteiger partial charge in [-0.3, -0.25) is 4.79 Å². The number of hydrogen-bond donors (Lipinski definition) is 2. The highest BCUT2D eigenvalue weighted by atomic mass is 32.2. The fourth-order valence-electron chi connectivity index (χ4n) is 3.02. The van der Waals surface area contributed by atoms with Crippen LogP contribution in [0.25, 0.3) is 21.3 Å². The second-order valence-corrected chi connectivity index (χ2v) is 10.6. The highest BCUT2D eigenvalue weighted by Gasteiger charge is 2.13. The molecule has 0 fully saturated rings. The Morgan fingerprint density at radius 1 is 1.22 bits per heavy atom. The molecule has 2 N–H and O–H groups in total. The summed E-state index contributed by atoms with van der Waals surface area (Å²) in [5.74, 6) is 1.62. The number of rotatable bonds is 10. The number of benzene rings is 1. The quantitative estimate of drug-likeness (QED) is 0.254. The molecule has 0 spiro atoms. The first kappa shape index (κ1) is 22.8. The number of aromatic nitrogens is 5. The van der Waals surface area contributed by atoms with Gasteiger partial charge in [-0.1, -0.05) is 49.5 Å². The summed E-state index contributed by atoms with van der Waals surface area (Å²) in [4.78, 5) is 26.1. The first-order valence-electron chi connectivity index (χ1n) is 10.3. The third-order valence-electron chi connectivity index (χ3n) is 4.58. The van der Waals surface area contributed by atoms with Gasteiger partial charge in [0.05, 0.1) is 34.1 Å². The van der Waals surface area contributed by atoms with Crippen molar-refractivity contribution >= 4 is 67.8 Å². The highest BCUT2D eigenvalue weighted by Crippen LogP contribution is 2.29. The topological polar surface area (TPSA) is 97.6 Å². The summed E-state index contributed by atoms with van der Waals surface area (Å²) in [6, 6.07) is 8.00. The van der Waals surface area contributed by atoms with Gasteiger partial charge in [-0.25, -0.2) is 19.6 Å². The molecule has 168 valence electrons. The van der Waals surface area contributed by atoms with E-state index < -0.39 is 0 Å². The van der Waals surface area contributed by atoms with Gasteiger partial charge in [-0.2, -0.15) is 5.10 Å². The van der Waals surface area contributed by atoms with E-state index in [0.29, 0.717) is 29.9 Å². The van der Waals surface area contributed by atoms with Gasteiger partial charge in [0.2, 0.25) is 5.91 Å². The molecule has 32 heavy (non-hydrogen) atoms. The summed E-state index contributed by atoms with van der Waals surface area (Å²) >= 11 is 4.57. The Morgan fingerprint density at radius 2 is 2.06 bits per heavy atom. The minimum absolute atomic E-state index is 0.0237. The predicted octanol–water partition coefficient (Wildman–Crippen LogP) is 4.13. The summed E-state index contributed by atoms with van der Waals surface area (Å²) in [7, 11) is 0. The molecule has 0 aliphatic heterocycles. The van der Waals surface area contributed by atoms with Gasteiger partial charge in [-0.15, -0.1) is 11.3 Å². The number of carbonyl (C=O) groups is 1. The molecule has 1 aromatic carbocycles. The van der Waals surface area contributed by atoms with Crippen LogP contribution in [0.3, 0.4) is 0 Å². The number of amides is 1. The molecule has 4 rings (SSSR count). The van der Waals surface area contributed by atoms with Crippen molar-refractivity contribution in [3.63, 3.8) is 0 Å². The molecule has 0 aliphatic rings. The number of para-hydroxylation sites is 1. The van der Waals surface area contributed by atoms with Gasteiger partial charge >= 0.3 is 0 Å². The van der Waals surface area contributed by atoms with Crippen molar-refractivity contribution in [2.75, 3.05) is 30.4 Å². The fourth-order valence-corrected chi connectivity index (χ4v) is 5.28. The van der Waals surface area contributed by atoms with Crippen LogP contribution in [0.5, 0.6) is 0 Å². The lowest BCUT2D eigenvalue weighted by Gasteiger charge is -2.10. The molecule has 0 saturated heterocycles. The lowest BCUT2D eigenvalue weighted by molar-refractivity contribution is -0.118. The number of carbonyl (C=O) groups excluding carboxylic acids is 1. The number of thiazole rings is 1. The molecule has 3 aromatic heterocycles. The summed E-state index contributed by atoms with van der Waals surface area (Å²) in [6.45, 7) is 6.15. The van der Waals surface area contributed by atoms with Crippen molar-refractivity contribution in [3.05, 3.63) is 30.5 Å². The molecular weight excluding hydrogens is 462 g/mol. The van der Waals surface area contributed by atoms with Crippen LogP contribution in [0.4, 0.5) is 5.82 Å². The smallest absolute Gasteiger partial charge is 0.230 e. The van der Waals surface area contributed by atoms with Gasteiger partial charge in [0.25, 0.3) is 0 Å². The summed E-state index contributed by atoms with van der Waals surface area (Å²) in [6.07, 6.45) is 3.74. The van der Waals surface area contributed by atoms with Crippen LogP contribution in [0, 0.1) is 5.92 Å². The third-order valence-corrected chi connectivity index (χ3v) is 7.31. The molecule has 1 amide bonds. The maximum absolute atomic E-state index is 12.3. The van der Waals surface area contributed by atoms with Gasteiger partial charge in [0, 0.05) is 13.1 Å². The van der Waals surface area contributed by atoms with Crippen molar-refractivity contribution in [2.24, 2.45) is 5.92 Å². The number of hydrogen-bond acceptors (Lipinski definition) is 9. The van der Waals surface area contributed by atoms with Crippen molar-refractivity contribution in [3.8, 4) is 0 Å².